The lowest BCUT2D eigenvalue weighted by molar-refractivity contribution is 0.634. The van der Waals surface area contributed by atoms with Crippen LogP contribution in [0.1, 0.15) is 44.9 Å². The van der Waals surface area contributed by atoms with Crippen LogP contribution in [0.15, 0.2) is 12.1 Å². The number of hydrogen-bond donors (Lipinski definition) is 1. The molecule has 1 heterocycles. The third-order valence-corrected chi connectivity index (χ3v) is 3.74. The quantitative estimate of drug-likeness (QED) is 0.818. The van der Waals surface area contributed by atoms with Crippen LogP contribution < -0.4 is 10.2 Å². The van der Waals surface area contributed by atoms with Crippen LogP contribution in [0.4, 0.5) is 5.82 Å². The molecule has 106 valence electrons. The third-order valence-electron chi connectivity index (χ3n) is 3.74. The molecule has 1 saturated carbocycles. The molecule has 1 aromatic heterocycles. The van der Waals surface area contributed by atoms with Gasteiger partial charge in [-0.15, -0.1) is 0 Å². The first-order valence-electron chi connectivity index (χ1n) is 7.55. The van der Waals surface area contributed by atoms with Gasteiger partial charge in [-0.05, 0) is 63.8 Å². The fourth-order valence-corrected chi connectivity index (χ4v) is 2.42. The van der Waals surface area contributed by atoms with Crippen molar-refractivity contribution >= 4 is 5.82 Å². The van der Waals surface area contributed by atoms with Gasteiger partial charge in [0.1, 0.15) is 5.82 Å². The monoisotopic (exact) mass is 261 g/mol. The fourth-order valence-electron chi connectivity index (χ4n) is 2.42. The van der Waals surface area contributed by atoms with Crippen LogP contribution in [0.3, 0.4) is 0 Å². The Morgan fingerprint density at radius 2 is 2.11 bits per heavy atom. The van der Waals surface area contributed by atoms with Gasteiger partial charge in [0, 0.05) is 24.8 Å². The molecule has 0 atom stereocenters. The standard InChI is InChI=1S/C16H27N3/c1-5-15-8-14(10-17-4)9-16(18-15)19(12(2)3)11-13-6-7-13/h8-9,12-13,17H,5-7,10-11H2,1-4H3. The average Bonchev–Trinajstić information content (AvgIpc) is 3.19. The normalized spacial score (nSPS) is 15.0. The second kappa shape index (κ2) is 6.38. The van der Waals surface area contributed by atoms with E-state index in [1.54, 1.807) is 0 Å². The molecule has 0 amide bonds. The van der Waals surface area contributed by atoms with Crippen molar-refractivity contribution < 1.29 is 0 Å². The molecular weight excluding hydrogens is 234 g/mol. The van der Waals surface area contributed by atoms with E-state index in [2.05, 4.69) is 43.1 Å². The molecule has 1 aliphatic rings. The second-order valence-corrected chi connectivity index (χ2v) is 5.90. The predicted molar refractivity (Wildman–Crippen MR) is 81.6 cm³/mol. The zero-order chi connectivity index (χ0) is 13.8. The van der Waals surface area contributed by atoms with E-state index >= 15 is 0 Å². The maximum absolute atomic E-state index is 4.83. The van der Waals surface area contributed by atoms with Gasteiger partial charge < -0.3 is 10.2 Å². The summed E-state index contributed by atoms with van der Waals surface area (Å²) in [6.07, 6.45) is 3.78. The number of hydrogen-bond acceptors (Lipinski definition) is 3. The van der Waals surface area contributed by atoms with E-state index in [0.29, 0.717) is 6.04 Å². The molecule has 3 heteroatoms. The number of anilines is 1. The zero-order valence-electron chi connectivity index (χ0n) is 12.7. The SMILES string of the molecule is CCc1cc(CNC)cc(N(CC2CC2)C(C)C)n1. The van der Waals surface area contributed by atoms with Gasteiger partial charge in [-0.3, -0.25) is 0 Å². The molecule has 2 rings (SSSR count). The molecule has 0 radical (unpaired) electrons. The van der Waals surface area contributed by atoms with Gasteiger partial charge >= 0.3 is 0 Å². The summed E-state index contributed by atoms with van der Waals surface area (Å²) in [7, 11) is 2.00. The number of nitrogens with one attached hydrogen (secondary N) is 1. The van der Waals surface area contributed by atoms with E-state index in [-0.39, 0.29) is 0 Å². The van der Waals surface area contributed by atoms with Crippen molar-refractivity contribution in [2.24, 2.45) is 5.92 Å². The van der Waals surface area contributed by atoms with Crippen LogP contribution in [0.2, 0.25) is 0 Å². The Kier molecular flexibility index (Phi) is 4.81. The molecule has 0 aromatic carbocycles. The maximum Gasteiger partial charge on any atom is 0.129 e. The van der Waals surface area contributed by atoms with Gasteiger partial charge in [0.15, 0.2) is 0 Å². The van der Waals surface area contributed by atoms with Gasteiger partial charge in [-0.2, -0.15) is 0 Å². The number of rotatable bonds is 7. The Labute approximate surface area is 117 Å². The second-order valence-electron chi connectivity index (χ2n) is 5.90. The molecule has 1 aromatic rings. The first-order chi connectivity index (χ1) is 9.13. The van der Waals surface area contributed by atoms with E-state index in [4.69, 9.17) is 4.98 Å². The van der Waals surface area contributed by atoms with Crippen LogP contribution in [0.5, 0.6) is 0 Å². The lowest BCUT2D eigenvalue weighted by Crippen LogP contribution is -2.33. The molecule has 0 saturated heterocycles. The largest absolute Gasteiger partial charge is 0.354 e. The minimum atomic E-state index is 0.516. The Morgan fingerprint density at radius 1 is 1.37 bits per heavy atom. The highest BCUT2D eigenvalue weighted by Crippen LogP contribution is 2.32. The summed E-state index contributed by atoms with van der Waals surface area (Å²) in [5.74, 6) is 2.05. The van der Waals surface area contributed by atoms with Gasteiger partial charge in [0.05, 0.1) is 0 Å². The van der Waals surface area contributed by atoms with Gasteiger partial charge in [0.25, 0.3) is 0 Å². The highest BCUT2D eigenvalue weighted by Gasteiger charge is 2.26. The summed E-state index contributed by atoms with van der Waals surface area (Å²) in [5.41, 5.74) is 2.54. The van der Waals surface area contributed by atoms with Crippen molar-refractivity contribution in [1.29, 1.82) is 0 Å². The third kappa shape index (κ3) is 3.93. The van der Waals surface area contributed by atoms with Crippen LogP contribution >= 0.6 is 0 Å². The number of pyridine rings is 1. The smallest absolute Gasteiger partial charge is 0.129 e. The summed E-state index contributed by atoms with van der Waals surface area (Å²) in [4.78, 5) is 7.30. The first kappa shape index (κ1) is 14.3. The van der Waals surface area contributed by atoms with Gasteiger partial charge in [0.2, 0.25) is 0 Å². The minimum Gasteiger partial charge on any atom is -0.354 e. The van der Waals surface area contributed by atoms with E-state index in [0.717, 1.165) is 31.2 Å². The highest BCUT2D eigenvalue weighted by molar-refractivity contribution is 5.44. The van der Waals surface area contributed by atoms with Gasteiger partial charge in [-0.25, -0.2) is 4.98 Å². The molecule has 3 nitrogen and oxygen atoms in total. The van der Waals surface area contributed by atoms with Gasteiger partial charge in [-0.1, -0.05) is 6.92 Å². The Hall–Kier alpha value is -1.09. The Balaban J connectivity index is 2.25. The number of aryl methyl sites for hydroxylation is 1. The molecule has 0 aliphatic heterocycles. The van der Waals surface area contributed by atoms with Crippen molar-refractivity contribution in [1.82, 2.24) is 10.3 Å². The van der Waals surface area contributed by atoms with E-state index < -0.39 is 0 Å². The van der Waals surface area contributed by atoms with Crippen LogP contribution in [0, 0.1) is 5.92 Å². The molecule has 1 fully saturated rings. The molecular formula is C16H27N3. The highest BCUT2D eigenvalue weighted by atomic mass is 15.2. The van der Waals surface area contributed by atoms with E-state index in [1.165, 1.54) is 24.1 Å². The van der Waals surface area contributed by atoms with Crippen LogP contribution in [-0.4, -0.2) is 24.6 Å². The Morgan fingerprint density at radius 3 is 2.63 bits per heavy atom. The molecule has 0 spiro atoms. The molecule has 19 heavy (non-hydrogen) atoms. The van der Waals surface area contributed by atoms with E-state index in [1.807, 2.05) is 7.05 Å². The fraction of sp³-hybridized carbons (Fsp3) is 0.688. The topological polar surface area (TPSA) is 28.2 Å². The van der Waals surface area contributed by atoms with Crippen LogP contribution in [0.25, 0.3) is 0 Å². The number of aromatic nitrogens is 1. The summed E-state index contributed by atoms with van der Waals surface area (Å²) in [6, 6.07) is 4.98. The minimum absolute atomic E-state index is 0.516. The molecule has 0 bridgehead atoms. The van der Waals surface area contributed by atoms with Crippen molar-refractivity contribution in [2.45, 2.75) is 52.6 Å². The predicted octanol–water partition coefficient (Wildman–Crippen LogP) is 2.99. The lowest BCUT2D eigenvalue weighted by atomic mass is 10.1. The van der Waals surface area contributed by atoms with Crippen molar-refractivity contribution in [3.8, 4) is 0 Å². The summed E-state index contributed by atoms with van der Waals surface area (Å²) < 4.78 is 0. The zero-order valence-corrected chi connectivity index (χ0v) is 12.7. The first-order valence-corrected chi connectivity index (χ1v) is 7.55. The average molecular weight is 261 g/mol. The van der Waals surface area contributed by atoms with E-state index in [9.17, 15) is 0 Å². The van der Waals surface area contributed by atoms with Crippen LogP contribution in [-0.2, 0) is 13.0 Å². The molecule has 1 aliphatic carbocycles. The molecule has 1 N–H and O–H groups in total. The van der Waals surface area contributed by atoms with Crippen molar-refractivity contribution in [2.75, 3.05) is 18.5 Å². The van der Waals surface area contributed by atoms with Crippen molar-refractivity contribution in [3.05, 3.63) is 23.4 Å². The Bertz CT molecular complexity index is 410. The summed E-state index contributed by atoms with van der Waals surface area (Å²) in [5, 5.41) is 3.24. The summed E-state index contributed by atoms with van der Waals surface area (Å²) in [6.45, 7) is 8.78. The van der Waals surface area contributed by atoms with Crippen molar-refractivity contribution in [3.63, 3.8) is 0 Å². The number of nitrogens with zero attached hydrogens (tertiary/aromatic N) is 2. The summed E-state index contributed by atoms with van der Waals surface area (Å²) >= 11 is 0. The lowest BCUT2D eigenvalue weighted by Gasteiger charge is -2.29. The molecule has 0 unspecified atom stereocenters. The maximum atomic E-state index is 4.83.